The lowest BCUT2D eigenvalue weighted by Gasteiger charge is -2.09. The molecule has 2 aromatic rings. The second-order valence-corrected chi connectivity index (χ2v) is 5.20. The molecule has 1 amide bonds. The van der Waals surface area contributed by atoms with E-state index >= 15 is 0 Å². The third-order valence-electron chi connectivity index (χ3n) is 3.33. The second kappa shape index (κ2) is 6.14. The summed E-state index contributed by atoms with van der Waals surface area (Å²) in [6.07, 6.45) is 1.76. The number of nitrogens with one attached hydrogen (secondary N) is 1. The average Bonchev–Trinajstić information content (AvgIpc) is 3.25. The van der Waals surface area contributed by atoms with Gasteiger partial charge in [0.25, 0.3) is 5.91 Å². The number of halogens is 5. The van der Waals surface area contributed by atoms with Crippen LogP contribution in [0.25, 0.3) is 0 Å². The number of carbonyl (C=O) groups is 1. The van der Waals surface area contributed by atoms with Gasteiger partial charge in [0, 0.05) is 6.04 Å². The van der Waals surface area contributed by atoms with Gasteiger partial charge in [0.15, 0.2) is 11.5 Å². The lowest BCUT2D eigenvalue weighted by atomic mass is 10.2. The predicted octanol–water partition coefficient (Wildman–Crippen LogP) is 3.45. The van der Waals surface area contributed by atoms with Crippen molar-refractivity contribution in [3.8, 4) is 5.75 Å². The molecule has 24 heavy (non-hydrogen) atoms. The minimum absolute atomic E-state index is 0.0140. The second-order valence-electron chi connectivity index (χ2n) is 5.20. The molecule has 1 heterocycles. The summed E-state index contributed by atoms with van der Waals surface area (Å²) in [7, 11) is 0. The first-order valence-electron chi connectivity index (χ1n) is 6.92. The van der Waals surface area contributed by atoms with Gasteiger partial charge >= 0.3 is 0 Å². The molecule has 9 heteroatoms. The van der Waals surface area contributed by atoms with Gasteiger partial charge in [-0.25, -0.2) is 13.2 Å². The highest BCUT2D eigenvalue weighted by Gasteiger charge is 2.28. The van der Waals surface area contributed by atoms with Crippen LogP contribution in [-0.4, -0.2) is 11.9 Å². The van der Waals surface area contributed by atoms with Crippen LogP contribution in [0.4, 0.5) is 22.0 Å². The SMILES string of the molecule is O=C(NC1CC1)c1ccc(COc2c(F)c(F)c(F)c(F)c2F)o1. The largest absolute Gasteiger partial charge is 0.479 e. The van der Waals surface area contributed by atoms with Crippen LogP contribution in [0.15, 0.2) is 16.5 Å². The number of hydrogen-bond donors (Lipinski definition) is 1. The van der Waals surface area contributed by atoms with Crippen molar-refractivity contribution in [3.63, 3.8) is 0 Å². The quantitative estimate of drug-likeness (QED) is 0.512. The summed E-state index contributed by atoms with van der Waals surface area (Å²) in [6, 6.07) is 2.72. The Morgan fingerprint density at radius 1 is 1.04 bits per heavy atom. The zero-order valence-corrected chi connectivity index (χ0v) is 12.0. The van der Waals surface area contributed by atoms with Gasteiger partial charge in [0.2, 0.25) is 29.1 Å². The fraction of sp³-hybridized carbons (Fsp3) is 0.267. The maximum absolute atomic E-state index is 13.4. The molecule has 1 N–H and O–H groups in total. The summed E-state index contributed by atoms with van der Waals surface area (Å²) in [5.41, 5.74) is 0. The number of rotatable bonds is 5. The normalized spacial score (nSPS) is 13.9. The van der Waals surface area contributed by atoms with Crippen LogP contribution < -0.4 is 10.1 Å². The van der Waals surface area contributed by atoms with Crippen molar-refractivity contribution in [2.24, 2.45) is 0 Å². The number of furan rings is 1. The van der Waals surface area contributed by atoms with E-state index < -0.39 is 47.3 Å². The van der Waals surface area contributed by atoms with Crippen LogP contribution in [0, 0.1) is 29.1 Å². The van der Waals surface area contributed by atoms with E-state index in [9.17, 15) is 26.7 Å². The van der Waals surface area contributed by atoms with E-state index in [1.165, 1.54) is 12.1 Å². The molecule has 0 radical (unpaired) electrons. The molecule has 0 atom stereocenters. The number of carbonyl (C=O) groups excluding carboxylic acids is 1. The maximum atomic E-state index is 13.4. The van der Waals surface area contributed by atoms with Crippen LogP contribution in [0.3, 0.4) is 0 Å². The summed E-state index contributed by atoms with van der Waals surface area (Å²) in [5, 5.41) is 2.66. The minimum atomic E-state index is -2.27. The van der Waals surface area contributed by atoms with Gasteiger partial charge in [-0.2, -0.15) is 8.78 Å². The van der Waals surface area contributed by atoms with Crippen molar-refractivity contribution in [1.29, 1.82) is 0 Å². The minimum Gasteiger partial charge on any atom is -0.479 e. The van der Waals surface area contributed by atoms with E-state index in [1.54, 1.807) is 0 Å². The topological polar surface area (TPSA) is 51.5 Å². The van der Waals surface area contributed by atoms with Crippen molar-refractivity contribution < 1.29 is 35.9 Å². The number of amides is 1. The summed E-state index contributed by atoms with van der Waals surface area (Å²) < 4.78 is 75.7. The van der Waals surface area contributed by atoms with Crippen LogP contribution in [0.5, 0.6) is 5.75 Å². The van der Waals surface area contributed by atoms with Gasteiger partial charge in [-0.1, -0.05) is 0 Å². The molecule has 128 valence electrons. The van der Waals surface area contributed by atoms with E-state index in [0.717, 1.165) is 12.8 Å². The first kappa shape index (κ1) is 16.3. The Morgan fingerprint density at radius 3 is 2.21 bits per heavy atom. The smallest absolute Gasteiger partial charge is 0.287 e. The van der Waals surface area contributed by atoms with E-state index in [4.69, 9.17) is 4.42 Å². The number of ether oxygens (including phenoxy) is 1. The molecule has 1 aliphatic rings. The highest BCUT2D eigenvalue weighted by molar-refractivity contribution is 5.91. The summed E-state index contributed by atoms with van der Waals surface area (Å²) in [5.74, 6) is -12.6. The Balaban J connectivity index is 1.72. The van der Waals surface area contributed by atoms with Crippen molar-refractivity contribution in [2.75, 3.05) is 0 Å². The molecular weight excluding hydrogens is 337 g/mol. The molecule has 1 aliphatic carbocycles. The van der Waals surface area contributed by atoms with E-state index in [0.29, 0.717) is 0 Å². The fourth-order valence-electron chi connectivity index (χ4n) is 1.92. The third kappa shape index (κ3) is 3.06. The highest BCUT2D eigenvalue weighted by Crippen LogP contribution is 2.29. The van der Waals surface area contributed by atoms with Crippen molar-refractivity contribution in [3.05, 3.63) is 52.7 Å². The maximum Gasteiger partial charge on any atom is 0.287 e. The van der Waals surface area contributed by atoms with Crippen LogP contribution >= 0.6 is 0 Å². The Bertz CT molecular complexity index is 772. The van der Waals surface area contributed by atoms with Crippen molar-refractivity contribution >= 4 is 5.91 Å². The first-order chi connectivity index (χ1) is 11.4. The number of benzene rings is 1. The zero-order valence-electron chi connectivity index (χ0n) is 12.0. The van der Waals surface area contributed by atoms with E-state index in [1.807, 2.05) is 0 Å². The van der Waals surface area contributed by atoms with Gasteiger partial charge in [-0.3, -0.25) is 4.79 Å². The van der Waals surface area contributed by atoms with Crippen molar-refractivity contribution in [2.45, 2.75) is 25.5 Å². The Hall–Kier alpha value is -2.58. The van der Waals surface area contributed by atoms with Crippen molar-refractivity contribution in [1.82, 2.24) is 5.32 Å². The van der Waals surface area contributed by atoms with Gasteiger partial charge in [-0.15, -0.1) is 0 Å². The third-order valence-corrected chi connectivity index (χ3v) is 3.33. The van der Waals surface area contributed by atoms with Gasteiger partial charge in [-0.05, 0) is 25.0 Å². The summed E-state index contributed by atoms with van der Waals surface area (Å²) in [6.45, 7) is -0.616. The Morgan fingerprint density at radius 2 is 1.62 bits per heavy atom. The average molecular weight is 347 g/mol. The molecule has 1 fully saturated rings. The first-order valence-corrected chi connectivity index (χ1v) is 6.92. The summed E-state index contributed by atoms with van der Waals surface area (Å²) >= 11 is 0. The summed E-state index contributed by atoms with van der Waals surface area (Å²) in [4.78, 5) is 11.7. The monoisotopic (exact) mass is 347 g/mol. The van der Waals surface area contributed by atoms with Gasteiger partial charge in [0.05, 0.1) is 0 Å². The number of hydrogen-bond acceptors (Lipinski definition) is 3. The van der Waals surface area contributed by atoms with Crippen LogP contribution in [-0.2, 0) is 6.61 Å². The molecule has 0 bridgehead atoms. The molecular formula is C15H10F5NO3. The van der Waals surface area contributed by atoms with E-state index in [-0.39, 0.29) is 17.6 Å². The molecule has 0 unspecified atom stereocenters. The van der Waals surface area contributed by atoms with Gasteiger partial charge < -0.3 is 14.5 Å². The van der Waals surface area contributed by atoms with Crippen LogP contribution in [0.2, 0.25) is 0 Å². The zero-order chi connectivity index (χ0) is 17.4. The van der Waals surface area contributed by atoms with E-state index in [2.05, 4.69) is 10.1 Å². The standard InChI is InChI=1S/C15H10F5NO3/c16-9-10(17)12(19)14(13(20)11(9)18)23-5-7-3-4-8(24-7)15(22)21-6-1-2-6/h3-4,6H,1-2,5H2,(H,21,22). The lowest BCUT2D eigenvalue weighted by Crippen LogP contribution is -2.24. The molecule has 1 saturated carbocycles. The molecule has 0 spiro atoms. The van der Waals surface area contributed by atoms with Gasteiger partial charge in [0.1, 0.15) is 12.4 Å². The molecule has 1 aromatic carbocycles. The highest BCUT2D eigenvalue weighted by atomic mass is 19.2. The lowest BCUT2D eigenvalue weighted by molar-refractivity contribution is 0.0918. The fourth-order valence-corrected chi connectivity index (χ4v) is 1.92. The molecule has 0 aliphatic heterocycles. The molecule has 4 nitrogen and oxygen atoms in total. The Labute approximate surface area is 132 Å². The Kier molecular flexibility index (Phi) is 4.16. The van der Waals surface area contributed by atoms with Crippen LogP contribution in [0.1, 0.15) is 29.2 Å². The molecule has 1 aromatic heterocycles. The molecule has 0 saturated heterocycles. The molecule has 3 rings (SSSR count). The predicted molar refractivity (Wildman–Crippen MR) is 69.8 cm³/mol.